The van der Waals surface area contributed by atoms with Crippen LogP contribution >= 0.6 is 0 Å². The minimum Gasteiger partial charge on any atom is -0.334 e. The molecule has 3 heterocycles. The van der Waals surface area contributed by atoms with Gasteiger partial charge in [-0.3, -0.25) is 14.5 Å². The zero-order valence-electron chi connectivity index (χ0n) is 16.4. The van der Waals surface area contributed by atoms with Crippen LogP contribution in [0.25, 0.3) is 0 Å². The Morgan fingerprint density at radius 3 is 2.85 bits per heavy atom. The Hall–Kier alpha value is -2.17. The summed E-state index contributed by atoms with van der Waals surface area (Å²) < 4.78 is 1.86. The summed E-state index contributed by atoms with van der Waals surface area (Å²) in [5.74, 6) is 0.471. The SMILES string of the molecule is CCn1nc(C(C)C)cc1C(=O)N1CCC[C@H]1CCc1ccnc(C)c1. The van der Waals surface area contributed by atoms with E-state index in [2.05, 4.69) is 41.0 Å². The summed E-state index contributed by atoms with van der Waals surface area (Å²) in [5.41, 5.74) is 4.09. The maximum atomic E-state index is 13.2. The zero-order chi connectivity index (χ0) is 18.7. The first-order valence-electron chi connectivity index (χ1n) is 9.79. The average Bonchev–Trinajstić information content (AvgIpc) is 3.26. The number of hydrogen-bond acceptors (Lipinski definition) is 3. The van der Waals surface area contributed by atoms with Gasteiger partial charge in [0.1, 0.15) is 5.69 Å². The number of likely N-dealkylation sites (tertiary alicyclic amines) is 1. The normalized spacial score (nSPS) is 17.3. The van der Waals surface area contributed by atoms with Gasteiger partial charge >= 0.3 is 0 Å². The predicted molar refractivity (Wildman–Crippen MR) is 103 cm³/mol. The molecule has 2 aromatic rings. The third-order valence-corrected chi connectivity index (χ3v) is 5.27. The van der Waals surface area contributed by atoms with Gasteiger partial charge in [-0.05, 0) is 69.2 Å². The maximum absolute atomic E-state index is 13.2. The molecular weight excluding hydrogens is 324 g/mol. The molecule has 5 heteroatoms. The maximum Gasteiger partial charge on any atom is 0.272 e. The van der Waals surface area contributed by atoms with Crippen molar-refractivity contribution in [3.63, 3.8) is 0 Å². The molecule has 140 valence electrons. The van der Waals surface area contributed by atoms with Gasteiger partial charge in [-0.25, -0.2) is 0 Å². The Morgan fingerprint density at radius 2 is 2.15 bits per heavy atom. The number of pyridine rings is 1. The fourth-order valence-corrected chi connectivity index (χ4v) is 3.78. The summed E-state index contributed by atoms with van der Waals surface area (Å²) in [4.78, 5) is 19.5. The van der Waals surface area contributed by atoms with Gasteiger partial charge in [-0.2, -0.15) is 5.10 Å². The Bertz CT molecular complexity index is 765. The lowest BCUT2D eigenvalue weighted by Gasteiger charge is -2.25. The highest BCUT2D eigenvalue weighted by Crippen LogP contribution is 2.25. The number of nitrogens with zero attached hydrogens (tertiary/aromatic N) is 4. The molecule has 26 heavy (non-hydrogen) atoms. The highest BCUT2D eigenvalue weighted by molar-refractivity contribution is 5.93. The molecule has 0 aliphatic carbocycles. The summed E-state index contributed by atoms with van der Waals surface area (Å²) in [6.07, 6.45) is 6.04. The summed E-state index contributed by atoms with van der Waals surface area (Å²) in [7, 11) is 0. The molecule has 1 aliphatic heterocycles. The van der Waals surface area contributed by atoms with E-state index in [-0.39, 0.29) is 5.91 Å². The molecule has 2 aromatic heterocycles. The topological polar surface area (TPSA) is 51.0 Å². The van der Waals surface area contributed by atoms with Crippen molar-refractivity contribution in [1.29, 1.82) is 0 Å². The van der Waals surface area contributed by atoms with E-state index in [0.717, 1.165) is 55.9 Å². The summed E-state index contributed by atoms with van der Waals surface area (Å²) in [6, 6.07) is 6.52. The second-order valence-electron chi connectivity index (χ2n) is 7.56. The van der Waals surface area contributed by atoms with Gasteiger partial charge in [-0.15, -0.1) is 0 Å². The van der Waals surface area contributed by atoms with Crippen molar-refractivity contribution in [2.45, 2.75) is 71.9 Å². The number of carbonyl (C=O) groups excluding carboxylic acids is 1. The summed E-state index contributed by atoms with van der Waals surface area (Å²) >= 11 is 0. The van der Waals surface area contributed by atoms with Gasteiger partial charge in [0.25, 0.3) is 5.91 Å². The molecule has 1 fully saturated rings. The van der Waals surface area contributed by atoms with Crippen LogP contribution in [0, 0.1) is 6.92 Å². The highest BCUT2D eigenvalue weighted by Gasteiger charge is 2.31. The van der Waals surface area contributed by atoms with Crippen LogP contribution in [-0.4, -0.2) is 38.2 Å². The van der Waals surface area contributed by atoms with Crippen molar-refractivity contribution in [2.24, 2.45) is 0 Å². The van der Waals surface area contributed by atoms with Crippen molar-refractivity contribution in [3.05, 3.63) is 47.0 Å². The number of rotatable bonds is 6. The van der Waals surface area contributed by atoms with E-state index in [1.807, 2.05) is 30.8 Å². The van der Waals surface area contributed by atoms with E-state index < -0.39 is 0 Å². The molecule has 0 N–H and O–H groups in total. The number of aromatic nitrogens is 3. The first-order chi connectivity index (χ1) is 12.5. The fraction of sp³-hybridized carbons (Fsp3) is 0.571. The second kappa shape index (κ2) is 8.02. The van der Waals surface area contributed by atoms with E-state index in [4.69, 9.17) is 0 Å². The number of carbonyl (C=O) groups is 1. The smallest absolute Gasteiger partial charge is 0.272 e. The predicted octanol–water partition coefficient (Wildman–Crippen LogP) is 3.97. The molecule has 0 unspecified atom stereocenters. The zero-order valence-corrected chi connectivity index (χ0v) is 16.4. The Morgan fingerprint density at radius 1 is 1.35 bits per heavy atom. The van der Waals surface area contributed by atoms with Crippen LogP contribution in [0.4, 0.5) is 0 Å². The van der Waals surface area contributed by atoms with Crippen LogP contribution in [0.3, 0.4) is 0 Å². The van der Waals surface area contributed by atoms with Gasteiger partial charge in [0.2, 0.25) is 0 Å². The van der Waals surface area contributed by atoms with Gasteiger partial charge in [0.05, 0.1) is 5.69 Å². The molecule has 0 radical (unpaired) electrons. The number of amides is 1. The third-order valence-electron chi connectivity index (χ3n) is 5.27. The molecule has 0 saturated carbocycles. The quantitative estimate of drug-likeness (QED) is 0.789. The van der Waals surface area contributed by atoms with Crippen LogP contribution in [0.1, 0.15) is 73.4 Å². The molecule has 5 nitrogen and oxygen atoms in total. The third kappa shape index (κ3) is 3.97. The second-order valence-corrected chi connectivity index (χ2v) is 7.56. The largest absolute Gasteiger partial charge is 0.334 e. The van der Waals surface area contributed by atoms with Crippen LogP contribution in [0.5, 0.6) is 0 Å². The first-order valence-corrected chi connectivity index (χ1v) is 9.79. The van der Waals surface area contributed by atoms with E-state index in [1.165, 1.54) is 5.56 Å². The number of hydrogen-bond donors (Lipinski definition) is 0. The number of aryl methyl sites for hydroxylation is 3. The lowest BCUT2D eigenvalue weighted by Crippen LogP contribution is -2.37. The summed E-state index contributed by atoms with van der Waals surface area (Å²) in [6.45, 7) is 9.87. The van der Waals surface area contributed by atoms with Crippen LogP contribution in [0.15, 0.2) is 24.4 Å². The van der Waals surface area contributed by atoms with Crippen molar-refractivity contribution in [2.75, 3.05) is 6.54 Å². The molecular formula is C21H30N4O. The Balaban J connectivity index is 1.72. The van der Waals surface area contributed by atoms with Crippen molar-refractivity contribution in [1.82, 2.24) is 19.7 Å². The average molecular weight is 354 g/mol. The minimum absolute atomic E-state index is 0.139. The van der Waals surface area contributed by atoms with Gasteiger partial charge in [-0.1, -0.05) is 13.8 Å². The molecule has 1 atom stereocenters. The fourth-order valence-electron chi connectivity index (χ4n) is 3.78. The molecule has 1 saturated heterocycles. The standard InChI is InChI=1S/C21H30N4O/c1-5-25-20(14-19(23-25)15(2)3)21(26)24-12-6-7-18(24)9-8-17-10-11-22-16(4)13-17/h10-11,13-15,18H,5-9,12H2,1-4H3/t18-/m0/s1. The van der Waals surface area contributed by atoms with Crippen molar-refractivity contribution < 1.29 is 4.79 Å². The monoisotopic (exact) mass is 354 g/mol. The van der Waals surface area contributed by atoms with Crippen LogP contribution in [0.2, 0.25) is 0 Å². The van der Waals surface area contributed by atoms with Crippen LogP contribution < -0.4 is 0 Å². The Labute approximate surface area is 156 Å². The summed E-state index contributed by atoms with van der Waals surface area (Å²) in [5, 5.41) is 4.61. The Kier molecular flexibility index (Phi) is 5.74. The highest BCUT2D eigenvalue weighted by atomic mass is 16.2. The lowest BCUT2D eigenvalue weighted by atomic mass is 10.0. The first kappa shape index (κ1) is 18.6. The van der Waals surface area contributed by atoms with E-state index in [9.17, 15) is 4.79 Å². The molecule has 1 aliphatic rings. The van der Waals surface area contributed by atoms with E-state index in [1.54, 1.807) is 0 Å². The van der Waals surface area contributed by atoms with Gasteiger partial charge in [0.15, 0.2) is 0 Å². The van der Waals surface area contributed by atoms with Crippen molar-refractivity contribution in [3.8, 4) is 0 Å². The minimum atomic E-state index is 0.139. The van der Waals surface area contributed by atoms with E-state index in [0.29, 0.717) is 12.0 Å². The lowest BCUT2D eigenvalue weighted by molar-refractivity contribution is 0.0718. The molecule has 3 rings (SSSR count). The van der Waals surface area contributed by atoms with E-state index >= 15 is 0 Å². The molecule has 0 bridgehead atoms. The van der Waals surface area contributed by atoms with Gasteiger partial charge < -0.3 is 4.90 Å². The molecule has 0 spiro atoms. The molecule has 0 aromatic carbocycles. The van der Waals surface area contributed by atoms with Crippen LogP contribution in [-0.2, 0) is 13.0 Å². The van der Waals surface area contributed by atoms with Gasteiger partial charge in [0, 0.05) is 31.0 Å². The van der Waals surface area contributed by atoms with Crippen molar-refractivity contribution >= 4 is 5.91 Å². The molecule has 1 amide bonds.